The van der Waals surface area contributed by atoms with Crippen LogP contribution in [0, 0.1) is 0 Å². The van der Waals surface area contributed by atoms with Gasteiger partial charge in [0.2, 0.25) is 5.91 Å². The molecule has 0 saturated heterocycles. The van der Waals surface area contributed by atoms with Crippen molar-refractivity contribution < 1.29 is 28.6 Å². The summed E-state index contributed by atoms with van der Waals surface area (Å²) in [6, 6.07) is 28.3. The third-order valence-electron chi connectivity index (χ3n) is 6.34. The van der Waals surface area contributed by atoms with Crippen molar-refractivity contribution >= 4 is 46.9 Å². The summed E-state index contributed by atoms with van der Waals surface area (Å²) in [5.41, 5.74) is 2.39. The first-order valence-corrected chi connectivity index (χ1v) is 15.0. The molecular weight excluding hydrogens is 578 g/mol. The Morgan fingerprint density at radius 2 is 1.52 bits per heavy atom. The van der Waals surface area contributed by atoms with Gasteiger partial charge < -0.3 is 30.2 Å². The fourth-order valence-electron chi connectivity index (χ4n) is 4.24. The van der Waals surface area contributed by atoms with Gasteiger partial charge in [-0.05, 0) is 79.2 Å². The topological polar surface area (TPSA) is 115 Å². The summed E-state index contributed by atoms with van der Waals surface area (Å²) in [7, 11) is 0. The molecule has 0 aliphatic carbocycles. The zero-order valence-electron chi connectivity index (χ0n) is 24.0. The predicted octanol–water partition coefficient (Wildman–Crippen LogP) is 6.00. The number of ether oxygens (including phenoxy) is 3. The first-order chi connectivity index (χ1) is 21.5. The molecule has 10 heteroatoms. The van der Waals surface area contributed by atoms with Gasteiger partial charge in [-0.3, -0.25) is 14.4 Å². The maximum absolute atomic E-state index is 13.3. The molecule has 0 unspecified atom stereocenters. The van der Waals surface area contributed by atoms with E-state index in [0.29, 0.717) is 59.6 Å². The predicted molar refractivity (Wildman–Crippen MR) is 171 cm³/mol. The van der Waals surface area contributed by atoms with Crippen LogP contribution in [0.15, 0.2) is 108 Å². The molecule has 44 heavy (non-hydrogen) atoms. The first-order valence-electron chi connectivity index (χ1n) is 14.0. The molecule has 0 bridgehead atoms. The van der Waals surface area contributed by atoms with Crippen LogP contribution in [0.4, 0.5) is 11.4 Å². The summed E-state index contributed by atoms with van der Waals surface area (Å²) in [6.45, 7) is 3.42. The number of nitrogens with one attached hydrogen (secondary N) is 3. The first kappa shape index (κ1) is 30.2. The maximum Gasteiger partial charge on any atom is 0.272 e. The molecule has 3 amide bonds. The Morgan fingerprint density at radius 3 is 2.25 bits per heavy atom. The number of carbonyl (C=O) groups is 3. The van der Waals surface area contributed by atoms with Gasteiger partial charge in [-0.15, -0.1) is 11.8 Å². The Labute approximate surface area is 259 Å². The highest BCUT2D eigenvalue weighted by Gasteiger charge is 2.16. The van der Waals surface area contributed by atoms with Crippen molar-refractivity contribution in [1.29, 1.82) is 0 Å². The molecule has 0 aromatic heterocycles. The van der Waals surface area contributed by atoms with Crippen molar-refractivity contribution in [2.24, 2.45) is 0 Å². The van der Waals surface area contributed by atoms with Crippen LogP contribution >= 0.6 is 11.8 Å². The van der Waals surface area contributed by atoms with Crippen LogP contribution in [0.3, 0.4) is 0 Å². The standard InChI is InChI=1S/C34H31N3O6S/c1-2-41-27-13-8-23(9-14-27)20-29(37-33(39)24-6-4-3-5-7-24)34(40)36-25-10-15-28(16-11-25)44-22-32(38)35-26-12-17-30-31(21-26)43-19-18-42-30/h3-17,20-21H,2,18-19,22H2,1H3,(H,35,38)(H,36,40)(H,37,39)/b29-20-. The van der Waals surface area contributed by atoms with Gasteiger partial charge in [0, 0.05) is 27.9 Å². The molecule has 0 radical (unpaired) electrons. The molecule has 0 spiro atoms. The third kappa shape index (κ3) is 8.42. The molecule has 0 fully saturated rings. The minimum Gasteiger partial charge on any atom is -0.494 e. The molecule has 224 valence electrons. The second-order valence-electron chi connectivity index (χ2n) is 9.55. The van der Waals surface area contributed by atoms with Crippen LogP contribution in [0.25, 0.3) is 6.08 Å². The molecule has 3 N–H and O–H groups in total. The highest BCUT2D eigenvalue weighted by Crippen LogP contribution is 2.32. The minimum absolute atomic E-state index is 0.0808. The smallest absolute Gasteiger partial charge is 0.272 e. The fraction of sp³-hybridized carbons (Fsp3) is 0.147. The molecule has 5 rings (SSSR count). The van der Waals surface area contributed by atoms with Crippen LogP contribution in [-0.2, 0) is 9.59 Å². The van der Waals surface area contributed by atoms with E-state index in [-0.39, 0.29) is 17.4 Å². The number of rotatable bonds is 11. The number of carbonyl (C=O) groups excluding carboxylic acids is 3. The maximum atomic E-state index is 13.3. The molecule has 4 aromatic carbocycles. The van der Waals surface area contributed by atoms with Crippen molar-refractivity contribution in [3.05, 3.63) is 114 Å². The molecule has 9 nitrogen and oxygen atoms in total. The Kier molecular flexibility index (Phi) is 10.2. The summed E-state index contributed by atoms with van der Waals surface area (Å²) < 4.78 is 16.6. The lowest BCUT2D eigenvalue weighted by atomic mass is 10.1. The lowest BCUT2D eigenvalue weighted by Gasteiger charge is -2.19. The van der Waals surface area contributed by atoms with Crippen LogP contribution in [0.2, 0.25) is 0 Å². The number of benzene rings is 4. The molecule has 4 aromatic rings. The lowest BCUT2D eigenvalue weighted by Crippen LogP contribution is -2.30. The number of thioether (sulfide) groups is 1. The number of fused-ring (bicyclic) bond motifs is 1. The van der Waals surface area contributed by atoms with E-state index in [2.05, 4.69) is 16.0 Å². The SMILES string of the molecule is CCOc1ccc(/C=C(\NC(=O)c2ccccc2)C(=O)Nc2ccc(SCC(=O)Nc3ccc4c(c3)OCCO4)cc2)cc1. The van der Waals surface area contributed by atoms with E-state index in [0.717, 1.165) is 4.90 Å². The fourth-order valence-corrected chi connectivity index (χ4v) is 4.93. The van der Waals surface area contributed by atoms with Gasteiger partial charge in [-0.25, -0.2) is 0 Å². The van der Waals surface area contributed by atoms with Crippen LogP contribution in [0.1, 0.15) is 22.8 Å². The van der Waals surface area contributed by atoms with Crippen molar-refractivity contribution in [1.82, 2.24) is 5.32 Å². The van der Waals surface area contributed by atoms with Gasteiger partial charge >= 0.3 is 0 Å². The Morgan fingerprint density at radius 1 is 0.818 bits per heavy atom. The second-order valence-corrected chi connectivity index (χ2v) is 10.6. The number of hydrogen-bond acceptors (Lipinski definition) is 7. The third-order valence-corrected chi connectivity index (χ3v) is 7.35. The zero-order valence-corrected chi connectivity index (χ0v) is 24.8. The summed E-state index contributed by atoms with van der Waals surface area (Å²) >= 11 is 1.36. The highest BCUT2D eigenvalue weighted by atomic mass is 32.2. The van der Waals surface area contributed by atoms with E-state index in [1.165, 1.54) is 11.8 Å². The van der Waals surface area contributed by atoms with Gasteiger partial charge in [0.1, 0.15) is 24.7 Å². The monoisotopic (exact) mass is 609 g/mol. The Balaban J connectivity index is 1.20. The largest absolute Gasteiger partial charge is 0.494 e. The molecule has 1 aliphatic heterocycles. The zero-order chi connectivity index (χ0) is 30.7. The quantitative estimate of drug-likeness (QED) is 0.141. The average molecular weight is 610 g/mol. The normalized spacial score (nSPS) is 12.2. The molecule has 0 atom stereocenters. The van der Waals surface area contributed by atoms with Crippen LogP contribution < -0.4 is 30.2 Å². The van der Waals surface area contributed by atoms with Crippen molar-refractivity contribution in [3.8, 4) is 17.2 Å². The number of anilines is 2. The highest BCUT2D eigenvalue weighted by molar-refractivity contribution is 8.00. The van der Waals surface area contributed by atoms with Gasteiger partial charge in [0.15, 0.2) is 11.5 Å². The van der Waals surface area contributed by atoms with Crippen molar-refractivity contribution in [2.45, 2.75) is 11.8 Å². The van der Waals surface area contributed by atoms with E-state index in [1.54, 1.807) is 72.8 Å². The van der Waals surface area contributed by atoms with Gasteiger partial charge in [0.25, 0.3) is 11.8 Å². The summed E-state index contributed by atoms with van der Waals surface area (Å²) in [6.07, 6.45) is 1.61. The molecule has 0 saturated carbocycles. The van der Waals surface area contributed by atoms with Gasteiger partial charge in [-0.2, -0.15) is 0 Å². The van der Waals surface area contributed by atoms with Gasteiger partial charge in [-0.1, -0.05) is 30.3 Å². The number of amides is 3. The van der Waals surface area contributed by atoms with Crippen molar-refractivity contribution in [2.75, 3.05) is 36.2 Å². The number of hydrogen-bond donors (Lipinski definition) is 3. The van der Waals surface area contributed by atoms with E-state index in [4.69, 9.17) is 14.2 Å². The van der Waals surface area contributed by atoms with E-state index < -0.39 is 11.8 Å². The molecule has 1 heterocycles. The van der Waals surface area contributed by atoms with E-state index >= 15 is 0 Å². The van der Waals surface area contributed by atoms with Crippen molar-refractivity contribution in [3.63, 3.8) is 0 Å². The van der Waals surface area contributed by atoms with Gasteiger partial charge in [0.05, 0.1) is 12.4 Å². The lowest BCUT2D eigenvalue weighted by molar-refractivity contribution is -0.114. The Bertz CT molecular complexity index is 1640. The second kappa shape index (κ2) is 14.8. The summed E-state index contributed by atoms with van der Waals surface area (Å²) in [5, 5.41) is 8.45. The average Bonchev–Trinajstić information content (AvgIpc) is 3.05. The Hall–Kier alpha value is -5.22. The van der Waals surface area contributed by atoms with E-state index in [1.807, 2.05) is 37.3 Å². The summed E-state index contributed by atoms with van der Waals surface area (Å²) in [5.74, 6) is 1.12. The molecular formula is C34H31N3O6S. The van der Waals surface area contributed by atoms with E-state index in [9.17, 15) is 14.4 Å². The molecule has 1 aliphatic rings. The minimum atomic E-state index is -0.484. The van der Waals surface area contributed by atoms with Crippen LogP contribution in [-0.4, -0.2) is 43.3 Å². The summed E-state index contributed by atoms with van der Waals surface area (Å²) in [4.78, 5) is 39.6. The van der Waals surface area contributed by atoms with Crippen LogP contribution in [0.5, 0.6) is 17.2 Å².